The predicted molar refractivity (Wildman–Crippen MR) is 59.6 cm³/mol. The highest BCUT2D eigenvalue weighted by Gasteiger charge is 2.05. The van der Waals surface area contributed by atoms with Gasteiger partial charge in [0.15, 0.2) is 0 Å². The van der Waals surface area contributed by atoms with E-state index in [1.807, 2.05) is 12.5 Å². The number of hydrogen-bond acceptors (Lipinski definition) is 7. The molecule has 15 heavy (non-hydrogen) atoms. The summed E-state index contributed by atoms with van der Waals surface area (Å²) < 4.78 is 0. The summed E-state index contributed by atoms with van der Waals surface area (Å²) in [5.74, 6) is 1.09. The van der Waals surface area contributed by atoms with E-state index in [0.717, 1.165) is 0 Å². The van der Waals surface area contributed by atoms with Crippen molar-refractivity contribution in [3.8, 4) is 0 Å². The summed E-state index contributed by atoms with van der Waals surface area (Å²) in [4.78, 5) is 8.30. The van der Waals surface area contributed by atoms with Crippen molar-refractivity contribution in [3.05, 3.63) is 0 Å². The molecular weight excluding hydrogens is 234 g/mol. The highest BCUT2D eigenvalue weighted by molar-refractivity contribution is 7.98. The van der Waals surface area contributed by atoms with Crippen LogP contribution in [0, 0.1) is 0 Å². The van der Waals surface area contributed by atoms with Crippen molar-refractivity contribution in [1.82, 2.24) is 30.4 Å². The third kappa shape index (κ3) is 2.42. The van der Waals surface area contributed by atoms with Crippen molar-refractivity contribution in [2.24, 2.45) is 0 Å². The molecule has 0 fully saturated rings. The highest BCUT2D eigenvalue weighted by Crippen LogP contribution is 2.14. The maximum absolute atomic E-state index is 4.15. The maximum atomic E-state index is 4.15. The van der Waals surface area contributed by atoms with Gasteiger partial charge in [0.05, 0.1) is 0 Å². The van der Waals surface area contributed by atoms with E-state index in [1.54, 1.807) is 0 Å². The third-order valence-corrected chi connectivity index (χ3v) is 2.63. The molecule has 2 heterocycles. The second-order valence-corrected chi connectivity index (χ2v) is 4.01. The second kappa shape index (κ2) is 4.53. The average molecular weight is 243 g/mol. The summed E-state index contributed by atoms with van der Waals surface area (Å²) in [6.07, 6.45) is 3.82. The molecule has 2 aromatic rings. The maximum Gasteiger partial charge on any atom is 0.226 e. The smallest absolute Gasteiger partial charge is 0.226 e. The second-order valence-electron chi connectivity index (χ2n) is 2.47. The normalized spacial score (nSPS) is 10.5. The summed E-state index contributed by atoms with van der Waals surface area (Å²) in [5, 5.41) is 17.7. The van der Waals surface area contributed by atoms with Crippen LogP contribution in [0.3, 0.4) is 0 Å². The van der Waals surface area contributed by atoms with E-state index >= 15 is 0 Å². The molecule has 0 atom stereocenters. The summed E-state index contributed by atoms with van der Waals surface area (Å²) in [7, 11) is 0. The van der Waals surface area contributed by atoms with Crippen LogP contribution in [0.1, 0.15) is 0 Å². The van der Waals surface area contributed by atoms with E-state index in [1.165, 1.54) is 23.5 Å². The molecule has 2 rings (SSSR count). The Hall–Kier alpha value is -1.22. The predicted octanol–water partition coefficient (Wildman–Crippen LogP) is 1.11. The zero-order valence-corrected chi connectivity index (χ0v) is 9.74. The Morgan fingerprint density at radius 2 is 1.40 bits per heavy atom. The molecule has 0 amide bonds. The summed E-state index contributed by atoms with van der Waals surface area (Å²) in [6, 6.07) is 0. The fourth-order valence-corrected chi connectivity index (χ4v) is 1.54. The van der Waals surface area contributed by atoms with Crippen LogP contribution in [0.25, 0.3) is 0 Å². The van der Waals surface area contributed by atoms with Crippen molar-refractivity contribution in [3.63, 3.8) is 0 Å². The first-order valence-electron chi connectivity index (χ1n) is 4.01. The Labute approximate surface area is 94.2 Å². The number of aromatic amines is 2. The van der Waals surface area contributed by atoms with Gasteiger partial charge >= 0.3 is 0 Å². The molecule has 2 aromatic heterocycles. The SMILES string of the molecule is CSc1n[nH]c(Nc2nc(SC)n[nH]2)n1. The molecule has 0 spiro atoms. The standard InChI is InChI=1S/C6H9N7S2/c1-14-5-8-3(10-12-5)7-4-9-6(15-2)13-11-4/h1-2H3,(H3,7,8,9,10,11,12,13). The van der Waals surface area contributed by atoms with Crippen LogP contribution in [-0.4, -0.2) is 42.9 Å². The fraction of sp³-hybridized carbons (Fsp3) is 0.333. The topological polar surface area (TPSA) is 95.2 Å². The molecule has 0 radical (unpaired) electrons. The summed E-state index contributed by atoms with van der Waals surface area (Å²) in [6.45, 7) is 0. The lowest BCUT2D eigenvalue weighted by Crippen LogP contribution is -1.94. The molecule has 0 saturated heterocycles. The van der Waals surface area contributed by atoms with E-state index in [-0.39, 0.29) is 0 Å². The van der Waals surface area contributed by atoms with Crippen LogP contribution in [0.5, 0.6) is 0 Å². The zero-order valence-electron chi connectivity index (χ0n) is 8.11. The van der Waals surface area contributed by atoms with Crippen molar-refractivity contribution >= 4 is 35.4 Å². The molecule has 0 aromatic carbocycles. The van der Waals surface area contributed by atoms with E-state index in [4.69, 9.17) is 0 Å². The van der Waals surface area contributed by atoms with Gasteiger partial charge in [-0.2, -0.15) is 9.97 Å². The van der Waals surface area contributed by atoms with Crippen molar-refractivity contribution < 1.29 is 0 Å². The van der Waals surface area contributed by atoms with Gasteiger partial charge in [-0.3, -0.25) is 5.32 Å². The molecule has 0 aliphatic carbocycles. The average Bonchev–Trinajstić information content (AvgIpc) is 2.87. The number of nitrogens with zero attached hydrogens (tertiary/aromatic N) is 4. The largest absolute Gasteiger partial charge is 0.293 e. The molecule has 0 aliphatic rings. The highest BCUT2D eigenvalue weighted by atomic mass is 32.2. The molecule has 0 aliphatic heterocycles. The lowest BCUT2D eigenvalue weighted by Gasteiger charge is -1.93. The first kappa shape index (κ1) is 10.3. The molecule has 0 unspecified atom stereocenters. The Bertz CT molecular complexity index is 396. The first-order chi connectivity index (χ1) is 7.31. The monoisotopic (exact) mass is 243 g/mol. The van der Waals surface area contributed by atoms with Gasteiger partial charge in [-0.25, -0.2) is 10.2 Å². The van der Waals surface area contributed by atoms with Gasteiger partial charge < -0.3 is 0 Å². The molecule has 9 heteroatoms. The Kier molecular flexibility index (Phi) is 3.11. The van der Waals surface area contributed by atoms with Gasteiger partial charge in [0.25, 0.3) is 0 Å². The van der Waals surface area contributed by atoms with Crippen molar-refractivity contribution in [1.29, 1.82) is 0 Å². The number of thioether (sulfide) groups is 2. The van der Waals surface area contributed by atoms with E-state index in [9.17, 15) is 0 Å². The van der Waals surface area contributed by atoms with Gasteiger partial charge in [-0.05, 0) is 12.5 Å². The number of aromatic nitrogens is 6. The minimum absolute atomic E-state index is 0.545. The zero-order chi connectivity index (χ0) is 10.7. The lowest BCUT2D eigenvalue weighted by molar-refractivity contribution is 0.975. The Balaban J connectivity index is 2.07. The van der Waals surface area contributed by atoms with E-state index in [2.05, 4.69) is 35.7 Å². The van der Waals surface area contributed by atoms with Crippen LogP contribution in [-0.2, 0) is 0 Å². The van der Waals surface area contributed by atoms with Crippen LogP contribution < -0.4 is 5.32 Å². The van der Waals surface area contributed by atoms with Gasteiger partial charge in [-0.1, -0.05) is 23.5 Å². The number of anilines is 2. The van der Waals surface area contributed by atoms with Gasteiger partial charge in [-0.15, -0.1) is 10.2 Å². The van der Waals surface area contributed by atoms with Gasteiger partial charge in [0.1, 0.15) is 0 Å². The molecule has 7 nitrogen and oxygen atoms in total. The molecule has 0 bridgehead atoms. The van der Waals surface area contributed by atoms with Gasteiger partial charge in [0, 0.05) is 0 Å². The Morgan fingerprint density at radius 1 is 0.933 bits per heavy atom. The van der Waals surface area contributed by atoms with Crippen molar-refractivity contribution in [2.45, 2.75) is 10.3 Å². The summed E-state index contributed by atoms with van der Waals surface area (Å²) in [5.41, 5.74) is 0. The number of nitrogens with one attached hydrogen (secondary N) is 3. The molecule has 80 valence electrons. The van der Waals surface area contributed by atoms with E-state index < -0.39 is 0 Å². The van der Waals surface area contributed by atoms with Gasteiger partial charge in [0.2, 0.25) is 22.2 Å². The molecule has 0 saturated carbocycles. The van der Waals surface area contributed by atoms with Crippen LogP contribution in [0.4, 0.5) is 11.9 Å². The molecule has 3 N–H and O–H groups in total. The third-order valence-electron chi connectivity index (χ3n) is 1.53. The first-order valence-corrected chi connectivity index (χ1v) is 6.46. The fourth-order valence-electron chi connectivity index (χ4n) is 0.899. The van der Waals surface area contributed by atoms with Crippen molar-refractivity contribution in [2.75, 3.05) is 17.8 Å². The van der Waals surface area contributed by atoms with E-state index in [0.29, 0.717) is 22.2 Å². The lowest BCUT2D eigenvalue weighted by atomic mass is 10.9. The Morgan fingerprint density at radius 3 is 1.73 bits per heavy atom. The van der Waals surface area contributed by atoms with Crippen LogP contribution >= 0.6 is 23.5 Å². The minimum atomic E-state index is 0.545. The number of H-pyrrole nitrogens is 2. The minimum Gasteiger partial charge on any atom is -0.293 e. The summed E-state index contributed by atoms with van der Waals surface area (Å²) >= 11 is 2.93. The van der Waals surface area contributed by atoms with Crippen LogP contribution in [0.2, 0.25) is 0 Å². The molecular formula is C6H9N7S2. The van der Waals surface area contributed by atoms with Crippen LogP contribution in [0.15, 0.2) is 10.3 Å². The number of hydrogen-bond donors (Lipinski definition) is 3. The number of rotatable bonds is 4. The quantitative estimate of drug-likeness (QED) is 0.692.